The molecular formula is C14H26Cl2F2N4O2. The molecule has 0 aromatic carbocycles. The third-order valence-electron chi connectivity index (χ3n) is 4.22. The standard InChI is InChI=1S/C14H24F2N4O2.2ClH/c1-19(2)12(21)8-20-5-3-10(4-6-20)18-13(22)11-7-14(15,16)9-17-11;;/h10-11,17H,3-9H2,1-2H3,(H,18,22);2*1H. The van der Waals surface area contributed by atoms with Gasteiger partial charge in [0.15, 0.2) is 0 Å². The molecule has 2 fully saturated rings. The van der Waals surface area contributed by atoms with Crippen LogP contribution in [0.25, 0.3) is 0 Å². The summed E-state index contributed by atoms with van der Waals surface area (Å²) in [6, 6.07) is -0.808. The molecule has 1 unspecified atom stereocenters. The Balaban J connectivity index is 0.00000264. The maximum atomic E-state index is 13.1. The van der Waals surface area contributed by atoms with Crippen LogP contribution in [0, 0.1) is 0 Å². The zero-order valence-corrected chi connectivity index (χ0v) is 15.5. The van der Waals surface area contributed by atoms with Crippen molar-refractivity contribution in [3.8, 4) is 0 Å². The fourth-order valence-corrected chi connectivity index (χ4v) is 2.77. The van der Waals surface area contributed by atoms with Gasteiger partial charge >= 0.3 is 0 Å². The van der Waals surface area contributed by atoms with E-state index in [4.69, 9.17) is 0 Å². The molecule has 0 aliphatic carbocycles. The highest BCUT2D eigenvalue weighted by atomic mass is 35.5. The van der Waals surface area contributed by atoms with Gasteiger partial charge in [0.1, 0.15) is 0 Å². The Morgan fingerprint density at radius 3 is 2.29 bits per heavy atom. The van der Waals surface area contributed by atoms with Crippen molar-refractivity contribution in [1.82, 2.24) is 20.4 Å². The zero-order chi connectivity index (χ0) is 16.3. The van der Waals surface area contributed by atoms with Crippen LogP contribution in [-0.2, 0) is 9.59 Å². The molecule has 2 N–H and O–H groups in total. The van der Waals surface area contributed by atoms with E-state index < -0.39 is 24.9 Å². The molecule has 0 saturated carbocycles. The van der Waals surface area contributed by atoms with Gasteiger partial charge in [0, 0.05) is 39.6 Å². The van der Waals surface area contributed by atoms with E-state index in [0.29, 0.717) is 6.54 Å². The predicted molar refractivity (Wildman–Crippen MR) is 92.1 cm³/mol. The van der Waals surface area contributed by atoms with Crippen molar-refractivity contribution in [2.24, 2.45) is 0 Å². The first kappa shape index (κ1) is 23.3. The molecule has 142 valence electrons. The molecule has 1 atom stereocenters. The Bertz CT molecular complexity index is 433. The minimum Gasteiger partial charge on any atom is -0.352 e. The van der Waals surface area contributed by atoms with Crippen molar-refractivity contribution in [2.45, 2.75) is 37.3 Å². The maximum absolute atomic E-state index is 13.1. The molecule has 2 saturated heterocycles. The summed E-state index contributed by atoms with van der Waals surface area (Å²) in [5.41, 5.74) is 0. The van der Waals surface area contributed by atoms with E-state index in [2.05, 4.69) is 10.6 Å². The van der Waals surface area contributed by atoms with Gasteiger partial charge in [-0.2, -0.15) is 0 Å². The van der Waals surface area contributed by atoms with E-state index >= 15 is 0 Å². The summed E-state index contributed by atoms with van der Waals surface area (Å²) in [7, 11) is 3.44. The van der Waals surface area contributed by atoms with Crippen LogP contribution in [0.4, 0.5) is 8.78 Å². The number of nitrogens with one attached hydrogen (secondary N) is 2. The fourth-order valence-electron chi connectivity index (χ4n) is 2.77. The van der Waals surface area contributed by atoms with Crippen LogP contribution >= 0.6 is 24.8 Å². The quantitative estimate of drug-likeness (QED) is 0.733. The summed E-state index contributed by atoms with van der Waals surface area (Å²) < 4.78 is 26.2. The first-order chi connectivity index (χ1) is 10.3. The number of carbonyl (C=O) groups excluding carboxylic acids is 2. The van der Waals surface area contributed by atoms with Crippen LogP contribution in [-0.4, -0.2) is 79.9 Å². The molecule has 0 aromatic rings. The largest absolute Gasteiger partial charge is 0.352 e. The summed E-state index contributed by atoms with van der Waals surface area (Å²) in [6.07, 6.45) is 1.03. The lowest BCUT2D eigenvalue weighted by molar-refractivity contribution is -0.130. The molecule has 24 heavy (non-hydrogen) atoms. The molecule has 0 aromatic heterocycles. The second kappa shape index (κ2) is 9.70. The number of alkyl halides is 2. The number of carbonyl (C=O) groups is 2. The first-order valence-electron chi connectivity index (χ1n) is 7.61. The monoisotopic (exact) mass is 390 g/mol. The van der Waals surface area contributed by atoms with E-state index in [9.17, 15) is 18.4 Å². The van der Waals surface area contributed by atoms with Crippen LogP contribution in [0.1, 0.15) is 19.3 Å². The number of rotatable bonds is 4. The van der Waals surface area contributed by atoms with E-state index in [1.165, 1.54) is 0 Å². The van der Waals surface area contributed by atoms with E-state index in [1.54, 1.807) is 19.0 Å². The van der Waals surface area contributed by atoms with Gasteiger partial charge in [-0.25, -0.2) is 8.78 Å². The number of nitrogens with zero attached hydrogens (tertiary/aromatic N) is 2. The Morgan fingerprint density at radius 2 is 1.83 bits per heavy atom. The van der Waals surface area contributed by atoms with Gasteiger partial charge in [0.25, 0.3) is 5.92 Å². The Labute approximate surface area is 153 Å². The molecule has 2 rings (SSSR count). The number of hydrogen-bond donors (Lipinski definition) is 2. The number of likely N-dealkylation sites (tertiary alicyclic amines) is 1. The van der Waals surface area contributed by atoms with Crippen molar-refractivity contribution in [3.05, 3.63) is 0 Å². The maximum Gasteiger partial charge on any atom is 0.262 e. The van der Waals surface area contributed by atoms with Gasteiger partial charge in [0.2, 0.25) is 11.8 Å². The molecule has 10 heteroatoms. The minimum atomic E-state index is -2.79. The average Bonchev–Trinajstić information content (AvgIpc) is 2.81. The van der Waals surface area contributed by atoms with Crippen molar-refractivity contribution >= 4 is 36.6 Å². The normalized spacial score (nSPS) is 23.8. The lowest BCUT2D eigenvalue weighted by Crippen LogP contribution is -2.50. The number of likely N-dealkylation sites (N-methyl/N-ethyl adjacent to an activating group) is 1. The number of hydrogen-bond acceptors (Lipinski definition) is 4. The van der Waals surface area contributed by atoms with Gasteiger partial charge < -0.3 is 10.2 Å². The molecule has 2 aliphatic heterocycles. The highest BCUT2D eigenvalue weighted by Crippen LogP contribution is 2.25. The summed E-state index contributed by atoms with van der Waals surface area (Å²) >= 11 is 0. The van der Waals surface area contributed by atoms with Crippen molar-refractivity contribution in [2.75, 3.05) is 40.3 Å². The molecule has 0 bridgehead atoms. The summed E-state index contributed by atoms with van der Waals surface area (Å²) in [6.45, 7) is 1.39. The molecule has 2 amide bonds. The van der Waals surface area contributed by atoms with Crippen molar-refractivity contribution in [1.29, 1.82) is 0 Å². The van der Waals surface area contributed by atoms with Gasteiger partial charge in [-0.3, -0.25) is 19.8 Å². The molecule has 0 spiro atoms. The van der Waals surface area contributed by atoms with Crippen LogP contribution in [0.3, 0.4) is 0 Å². The second-order valence-corrected chi connectivity index (χ2v) is 6.34. The van der Waals surface area contributed by atoms with Crippen LogP contribution in [0.5, 0.6) is 0 Å². The smallest absolute Gasteiger partial charge is 0.262 e. The molecule has 2 heterocycles. The van der Waals surface area contributed by atoms with Crippen molar-refractivity contribution < 1.29 is 18.4 Å². The van der Waals surface area contributed by atoms with Gasteiger partial charge in [0.05, 0.1) is 19.1 Å². The third kappa shape index (κ3) is 6.66. The first-order valence-corrected chi connectivity index (χ1v) is 7.61. The van der Waals surface area contributed by atoms with E-state index in [1.807, 2.05) is 4.90 Å². The van der Waals surface area contributed by atoms with Gasteiger partial charge in [-0.05, 0) is 12.8 Å². The van der Waals surface area contributed by atoms with Crippen LogP contribution < -0.4 is 10.6 Å². The average molecular weight is 391 g/mol. The number of halogens is 4. The zero-order valence-electron chi connectivity index (χ0n) is 13.9. The highest BCUT2D eigenvalue weighted by Gasteiger charge is 2.42. The number of amides is 2. The fraction of sp³-hybridized carbons (Fsp3) is 0.857. The lowest BCUT2D eigenvalue weighted by atomic mass is 10.0. The SMILES string of the molecule is CN(C)C(=O)CN1CCC(NC(=O)C2CC(F)(F)CN2)CC1.Cl.Cl. The highest BCUT2D eigenvalue weighted by molar-refractivity contribution is 5.85. The Hall–Kier alpha value is -0.700. The Kier molecular flexibility index (Phi) is 9.41. The summed E-state index contributed by atoms with van der Waals surface area (Å²) in [4.78, 5) is 27.2. The predicted octanol–water partition coefficient (Wildman–Crippen LogP) is 0.496. The minimum absolute atomic E-state index is 0. The third-order valence-corrected chi connectivity index (χ3v) is 4.22. The van der Waals surface area contributed by atoms with Crippen molar-refractivity contribution in [3.63, 3.8) is 0 Å². The summed E-state index contributed by atoms with van der Waals surface area (Å²) in [5, 5.41) is 5.40. The van der Waals surface area contributed by atoms with E-state index in [-0.39, 0.29) is 42.7 Å². The van der Waals surface area contributed by atoms with E-state index in [0.717, 1.165) is 25.9 Å². The lowest BCUT2D eigenvalue weighted by Gasteiger charge is -2.32. The molecular weight excluding hydrogens is 365 g/mol. The molecule has 2 aliphatic rings. The summed E-state index contributed by atoms with van der Waals surface area (Å²) in [5.74, 6) is -3.09. The second-order valence-electron chi connectivity index (χ2n) is 6.34. The van der Waals surface area contributed by atoms with Gasteiger partial charge in [-0.15, -0.1) is 24.8 Å². The van der Waals surface area contributed by atoms with Gasteiger partial charge in [-0.1, -0.05) is 0 Å². The van der Waals surface area contributed by atoms with Crippen LogP contribution in [0.15, 0.2) is 0 Å². The number of piperidine rings is 1. The topological polar surface area (TPSA) is 64.7 Å². The molecule has 0 radical (unpaired) electrons. The van der Waals surface area contributed by atoms with Crippen LogP contribution in [0.2, 0.25) is 0 Å². The Morgan fingerprint density at radius 1 is 1.25 bits per heavy atom. The molecule has 6 nitrogen and oxygen atoms in total.